The topological polar surface area (TPSA) is 37.3 Å². The molecule has 2 aromatic rings. The number of hydrogen-bond acceptors (Lipinski definition) is 2. The van der Waals surface area contributed by atoms with Crippen molar-refractivity contribution in [3.63, 3.8) is 0 Å². The Morgan fingerprint density at radius 1 is 1.00 bits per heavy atom. The number of carboxylic acid groups (broad SMARTS) is 1. The molecule has 0 saturated carbocycles. The first-order chi connectivity index (χ1) is 8.56. The Labute approximate surface area is 126 Å². The lowest BCUT2D eigenvalue weighted by atomic mass is 10.2. The number of aromatic carboxylic acids is 1. The van der Waals surface area contributed by atoms with Crippen molar-refractivity contribution in [1.29, 1.82) is 0 Å². The zero-order valence-corrected chi connectivity index (χ0v) is 13.0. The zero-order chi connectivity index (χ0) is 13.1. The number of carbonyl (C=O) groups is 1. The van der Waals surface area contributed by atoms with Gasteiger partial charge >= 0.3 is 5.97 Å². The lowest BCUT2D eigenvalue weighted by Gasteiger charge is -2.06. The second kappa shape index (κ2) is 5.91. The molecule has 0 aliphatic rings. The molecule has 0 spiro atoms. The van der Waals surface area contributed by atoms with Crippen LogP contribution in [-0.4, -0.2) is 11.1 Å². The van der Waals surface area contributed by atoms with E-state index in [9.17, 15) is 4.79 Å². The fraction of sp³-hybridized carbons (Fsp3) is 0. The number of hydrogen-bond donors (Lipinski definition) is 1. The first-order valence-corrected chi connectivity index (χ1v) is 7.43. The molecule has 0 unspecified atom stereocenters. The molecule has 0 bridgehead atoms. The van der Waals surface area contributed by atoms with Crippen LogP contribution in [0.2, 0.25) is 0 Å². The Kier molecular flexibility index (Phi) is 4.48. The summed E-state index contributed by atoms with van der Waals surface area (Å²) in [6, 6.07) is 12.9. The molecule has 5 heteroatoms. The van der Waals surface area contributed by atoms with E-state index in [1.807, 2.05) is 30.3 Å². The van der Waals surface area contributed by atoms with Gasteiger partial charge < -0.3 is 5.11 Å². The van der Waals surface area contributed by atoms with E-state index in [-0.39, 0.29) is 0 Å². The van der Waals surface area contributed by atoms with E-state index in [1.54, 1.807) is 12.1 Å². The lowest BCUT2D eigenvalue weighted by molar-refractivity contribution is 0.0693. The fourth-order valence-electron chi connectivity index (χ4n) is 1.39. The van der Waals surface area contributed by atoms with Crippen LogP contribution in [0.15, 0.2) is 61.2 Å². The molecule has 0 amide bonds. The Bertz CT molecular complexity index is 582. The number of benzene rings is 2. The van der Waals surface area contributed by atoms with Gasteiger partial charge in [-0.2, -0.15) is 0 Å². The van der Waals surface area contributed by atoms with Crippen molar-refractivity contribution < 1.29 is 9.90 Å². The summed E-state index contributed by atoms with van der Waals surface area (Å²) in [6.07, 6.45) is 0. The molecule has 92 valence electrons. The van der Waals surface area contributed by atoms with Crippen LogP contribution in [0.3, 0.4) is 0 Å². The van der Waals surface area contributed by atoms with Gasteiger partial charge in [0.15, 0.2) is 0 Å². The molecule has 0 fully saturated rings. The Morgan fingerprint density at radius 2 is 1.61 bits per heavy atom. The average Bonchev–Trinajstić information content (AvgIpc) is 2.32. The van der Waals surface area contributed by atoms with Gasteiger partial charge in [0.05, 0.1) is 5.56 Å². The molecule has 2 rings (SSSR count). The molecule has 0 aliphatic heterocycles. The van der Waals surface area contributed by atoms with Crippen molar-refractivity contribution >= 4 is 49.6 Å². The molecule has 0 saturated heterocycles. The fourth-order valence-corrected chi connectivity index (χ4v) is 3.14. The van der Waals surface area contributed by atoms with Crippen LogP contribution in [0.25, 0.3) is 0 Å². The number of carboxylic acids is 1. The first kappa shape index (κ1) is 13.6. The van der Waals surface area contributed by atoms with Crippen LogP contribution in [0.5, 0.6) is 0 Å². The second-order valence-electron chi connectivity index (χ2n) is 3.50. The molecule has 1 N–H and O–H groups in total. The SMILES string of the molecule is O=C(O)c1ccc(Br)cc1Sc1ccc(Br)cc1. The minimum absolute atomic E-state index is 0.311. The normalized spacial score (nSPS) is 10.3. The van der Waals surface area contributed by atoms with E-state index in [0.717, 1.165) is 18.7 Å². The van der Waals surface area contributed by atoms with E-state index in [0.29, 0.717) is 5.56 Å². The zero-order valence-electron chi connectivity index (χ0n) is 9.06. The smallest absolute Gasteiger partial charge is 0.336 e. The van der Waals surface area contributed by atoms with E-state index in [4.69, 9.17) is 5.11 Å². The van der Waals surface area contributed by atoms with Gasteiger partial charge in [-0.3, -0.25) is 0 Å². The quantitative estimate of drug-likeness (QED) is 0.799. The molecule has 0 aliphatic carbocycles. The molecular formula is C13H8Br2O2S. The van der Waals surface area contributed by atoms with Crippen LogP contribution >= 0.6 is 43.6 Å². The molecular weight excluding hydrogens is 380 g/mol. The van der Waals surface area contributed by atoms with E-state index in [1.165, 1.54) is 11.8 Å². The highest BCUT2D eigenvalue weighted by Crippen LogP contribution is 2.33. The summed E-state index contributed by atoms with van der Waals surface area (Å²) in [6.45, 7) is 0. The van der Waals surface area contributed by atoms with Gasteiger partial charge in [-0.25, -0.2) is 4.79 Å². The van der Waals surface area contributed by atoms with Gasteiger partial charge in [-0.05, 0) is 42.5 Å². The van der Waals surface area contributed by atoms with E-state index < -0.39 is 5.97 Å². The monoisotopic (exact) mass is 386 g/mol. The Balaban J connectivity index is 2.35. The van der Waals surface area contributed by atoms with E-state index >= 15 is 0 Å². The van der Waals surface area contributed by atoms with Gasteiger partial charge in [-0.1, -0.05) is 43.6 Å². The van der Waals surface area contributed by atoms with Crippen molar-refractivity contribution in [2.45, 2.75) is 9.79 Å². The van der Waals surface area contributed by atoms with Crippen LogP contribution in [0, 0.1) is 0 Å². The molecule has 2 aromatic carbocycles. The second-order valence-corrected chi connectivity index (χ2v) is 6.45. The molecule has 0 heterocycles. The van der Waals surface area contributed by atoms with Gasteiger partial charge in [0, 0.05) is 18.7 Å². The predicted molar refractivity (Wildman–Crippen MR) is 79.4 cm³/mol. The lowest BCUT2D eigenvalue weighted by Crippen LogP contribution is -1.98. The highest BCUT2D eigenvalue weighted by Gasteiger charge is 2.11. The van der Waals surface area contributed by atoms with Crippen LogP contribution in [0.4, 0.5) is 0 Å². The summed E-state index contributed by atoms with van der Waals surface area (Å²) >= 11 is 8.16. The Morgan fingerprint density at radius 3 is 2.22 bits per heavy atom. The summed E-state index contributed by atoms with van der Waals surface area (Å²) in [5, 5.41) is 9.14. The predicted octanol–water partition coefficient (Wildman–Crippen LogP) is 5.06. The molecule has 18 heavy (non-hydrogen) atoms. The highest BCUT2D eigenvalue weighted by molar-refractivity contribution is 9.10. The third kappa shape index (κ3) is 3.37. The summed E-state index contributed by atoms with van der Waals surface area (Å²) in [5.74, 6) is -0.915. The maximum Gasteiger partial charge on any atom is 0.336 e. The van der Waals surface area contributed by atoms with Gasteiger partial charge in [0.1, 0.15) is 0 Å². The largest absolute Gasteiger partial charge is 0.478 e. The number of halogens is 2. The highest BCUT2D eigenvalue weighted by atomic mass is 79.9. The van der Waals surface area contributed by atoms with Crippen molar-refractivity contribution in [3.05, 3.63) is 57.0 Å². The van der Waals surface area contributed by atoms with E-state index in [2.05, 4.69) is 31.9 Å². The molecule has 2 nitrogen and oxygen atoms in total. The maximum atomic E-state index is 11.1. The third-order valence-electron chi connectivity index (χ3n) is 2.22. The summed E-state index contributed by atoms with van der Waals surface area (Å²) in [4.78, 5) is 12.9. The van der Waals surface area contributed by atoms with Crippen molar-refractivity contribution in [1.82, 2.24) is 0 Å². The van der Waals surface area contributed by atoms with Gasteiger partial charge in [-0.15, -0.1) is 0 Å². The molecule has 0 aromatic heterocycles. The van der Waals surface area contributed by atoms with Crippen LogP contribution in [-0.2, 0) is 0 Å². The minimum atomic E-state index is -0.915. The summed E-state index contributed by atoms with van der Waals surface area (Å²) in [5.41, 5.74) is 0.311. The number of rotatable bonds is 3. The van der Waals surface area contributed by atoms with Gasteiger partial charge in [0.25, 0.3) is 0 Å². The Hall–Kier alpha value is -0.780. The molecule has 0 atom stereocenters. The molecule has 0 radical (unpaired) electrons. The van der Waals surface area contributed by atoms with Crippen molar-refractivity contribution in [2.24, 2.45) is 0 Å². The van der Waals surface area contributed by atoms with Crippen molar-refractivity contribution in [2.75, 3.05) is 0 Å². The summed E-state index contributed by atoms with van der Waals surface area (Å²) in [7, 11) is 0. The standard InChI is InChI=1S/C13H8Br2O2S/c14-8-1-4-10(5-2-8)18-12-7-9(15)3-6-11(12)13(16)17/h1-7H,(H,16,17). The first-order valence-electron chi connectivity index (χ1n) is 5.02. The van der Waals surface area contributed by atoms with Crippen LogP contribution in [0.1, 0.15) is 10.4 Å². The average molecular weight is 388 g/mol. The van der Waals surface area contributed by atoms with Crippen molar-refractivity contribution in [3.8, 4) is 0 Å². The van der Waals surface area contributed by atoms with Gasteiger partial charge in [0.2, 0.25) is 0 Å². The summed E-state index contributed by atoms with van der Waals surface area (Å²) < 4.78 is 1.87. The van der Waals surface area contributed by atoms with Crippen LogP contribution < -0.4 is 0 Å². The third-order valence-corrected chi connectivity index (χ3v) is 4.30. The minimum Gasteiger partial charge on any atom is -0.478 e. The maximum absolute atomic E-state index is 11.1.